The van der Waals surface area contributed by atoms with E-state index in [0.29, 0.717) is 37.0 Å². The maximum atomic E-state index is 15.6. The second-order valence-corrected chi connectivity index (χ2v) is 11.7. The van der Waals surface area contributed by atoms with Crippen molar-refractivity contribution >= 4 is 28.5 Å². The zero-order chi connectivity index (χ0) is 30.4. The number of carbonyl (C=O) groups excluding carboxylic acids is 1. The van der Waals surface area contributed by atoms with Crippen molar-refractivity contribution in [2.75, 3.05) is 51.8 Å². The summed E-state index contributed by atoms with van der Waals surface area (Å²) in [6.45, 7) is 5.33. The van der Waals surface area contributed by atoms with Crippen LogP contribution in [0.25, 0.3) is 11.0 Å². The Morgan fingerprint density at radius 2 is 1.86 bits per heavy atom. The lowest BCUT2D eigenvalue weighted by atomic mass is 9.94. The lowest BCUT2D eigenvalue weighted by Crippen LogP contribution is -2.53. The number of piperazine rings is 1. The number of amides is 1. The maximum absolute atomic E-state index is 15.6. The molecule has 1 aliphatic carbocycles. The third-order valence-corrected chi connectivity index (χ3v) is 9.15. The molecule has 1 amide bonds. The molecule has 6 rings (SSSR count). The lowest BCUT2D eigenvalue weighted by Gasteiger charge is -2.41. The molecule has 228 valence electrons. The van der Waals surface area contributed by atoms with Crippen LogP contribution >= 0.6 is 0 Å². The van der Waals surface area contributed by atoms with Gasteiger partial charge >= 0.3 is 11.6 Å². The number of carboxylic acid groups (broad SMARTS) is 1. The molecule has 1 N–H and O–H groups in total. The molecular formula is C32H36FN3O7. The Hall–Kier alpha value is -3.96. The van der Waals surface area contributed by atoms with Crippen LogP contribution in [0.3, 0.4) is 0 Å². The van der Waals surface area contributed by atoms with Gasteiger partial charge in [0.05, 0.1) is 36.4 Å². The summed E-state index contributed by atoms with van der Waals surface area (Å²) in [6, 6.07) is 6.67. The second kappa shape index (κ2) is 11.6. The fourth-order valence-electron chi connectivity index (χ4n) is 6.34. The minimum atomic E-state index is -1.33. The molecule has 2 aliphatic heterocycles. The van der Waals surface area contributed by atoms with Gasteiger partial charge in [0, 0.05) is 49.9 Å². The molecule has 2 fully saturated rings. The highest BCUT2D eigenvalue weighted by Crippen LogP contribution is 2.35. The van der Waals surface area contributed by atoms with Gasteiger partial charge in [0.25, 0.3) is 5.91 Å². The van der Waals surface area contributed by atoms with E-state index in [1.54, 1.807) is 7.11 Å². The van der Waals surface area contributed by atoms with Gasteiger partial charge in [-0.2, -0.15) is 0 Å². The monoisotopic (exact) mass is 593 g/mol. The number of nitrogens with zero attached hydrogens (tertiary/aromatic N) is 3. The molecule has 1 saturated heterocycles. The van der Waals surface area contributed by atoms with Gasteiger partial charge in [-0.25, -0.2) is 14.0 Å². The number of likely N-dealkylation sites (N-methyl/N-ethyl adjacent to an activating group) is 1. The standard InChI is InChI=1S/C32H36FN3O7/c1-18-26(35-14-13-34(2)19(15-35)17-41-3)10-9-22-21-11-12-36(16-25(21)32(40)43-28(18)22)30(37)23-7-8-24(31(38)39)29(27(23)33)42-20-5-4-6-20/h7-10,19-20H,4-6,11-17H2,1-3H3,(H,38,39)/t19-/m1/s1. The van der Waals surface area contributed by atoms with Gasteiger partial charge in [0.15, 0.2) is 11.6 Å². The van der Waals surface area contributed by atoms with Crippen LogP contribution in [0.15, 0.2) is 33.5 Å². The number of anilines is 1. The molecule has 10 nitrogen and oxygen atoms in total. The van der Waals surface area contributed by atoms with Crippen LogP contribution in [0, 0.1) is 12.7 Å². The van der Waals surface area contributed by atoms with Crippen molar-refractivity contribution in [2.24, 2.45) is 0 Å². The third-order valence-electron chi connectivity index (χ3n) is 9.15. The van der Waals surface area contributed by atoms with Crippen LogP contribution in [0.5, 0.6) is 5.75 Å². The second-order valence-electron chi connectivity index (χ2n) is 11.7. The summed E-state index contributed by atoms with van der Waals surface area (Å²) >= 11 is 0. The normalized spacial score (nSPS) is 19.3. The Morgan fingerprint density at radius 1 is 1.09 bits per heavy atom. The van der Waals surface area contributed by atoms with E-state index in [1.165, 1.54) is 17.0 Å². The Morgan fingerprint density at radius 3 is 2.56 bits per heavy atom. The number of rotatable bonds is 7. The van der Waals surface area contributed by atoms with Gasteiger partial charge in [-0.15, -0.1) is 0 Å². The third kappa shape index (κ3) is 5.25. The average Bonchev–Trinajstić information content (AvgIpc) is 2.97. The Kier molecular flexibility index (Phi) is 7.87. The number of hydrogen-bond donors (Lipinski definition) is 1. The molecule has 1 atom stereocenters. The summed E-state index contributed by atoms with van der Waals surface area (Å²) in [6.07, 6.45) is 2.45. The van der Waals surface area contributed by atoms with Crippen molar-refractivity contribution in [3.05, 3.63) is 68.3 Å². The van der Waals surface area contributed by atoms with Gasteiger partial charge in [0.1, 0.15) is 11.1 Å². The van der Waals surface area contributed by atoms with Crippen molar-refractivity contribution in [1.82, 2.24) is 9.80 Å². The summed E-state index contributed by atoms with van der Waals surface area (Å²) in [4.78, 5) is 44.5. The molecular weight excluding hydrogens is 557 g/mol. The first-order valence-corrected chi connectivity index (χ1v) is 14.7. The number of hydrogen-bond acceptors (Lipinski definition) is 8. The van der Waals surface area contributed by atoms with Crippen LogP contribution < -0.4 is 15.3 Å². The van der Waals surface area contributed by atoms with Crippen LogP contribution in [-0.2, 0) is 17.7 Å². The first-order chi connectivity index (χ1) is 20.7. The smallest absolute Gasteiger partial charge is 0.341 e. The minimum absolute atomic E-state index is 0.0384. The number of halogens is 1. The Labute approximate surface area is 248 Å². The summed E-state index contributed by atoms with van der Waals surface area (Å²) in [5.74, 6) is -3.37. The predicted molar refractivity (Wildman–Crippen MR) is 158 cm³/mol. The highest BCUT2D eigenvalue weighted by molar-refractivity contribution is 5.98. The molecule has 2 aromatic carbocycles. The zero-order valence-corrected chi connectivity index (χ0v) is 24.7. The molecule has 1 aromatic heterocycles. The molecule has 43 heavy (non-hydrogen) atoms. The number of aromatic carboxylic acids is 1. The van der Waals surface area contributed by atoms with Crippen molar-refractivity contribution in [3.63, 3.8) is 0 Å². The van der Waals surface area contributed by atoms with E-state index in [1.807, 2.05) is 13.0 Å². The van der Waals surface area contributed by atoms with Crippen LogP contribution in [-0.4, -0.2) is 85.9 Å². The molecule has 0 spiro atoms. The number of aryl methyl sites for hydroxylation is 1. The zero-order valence-electron chi connectivity index (χ0n) is 24.7. The average molecular weight is 594 g/mol. The van der Waals surface area contributed by atoms with Crippen LogP contribution in [0.4, 0.5) is 10.1 Å². The number of carbonyl (C=O) groups is 2. The summed E-state index contributed by atoms with van der Waals surface area (Å²) in [5.41, 5.74) is 2.51. The van der Waals surface area contributed by atoms with Gasteiger partial charge < -0.3 is 28.8 Å². The first kappa shape index (κ1) is 29.1. The SMILES string of the molecule is COC[C@H]1CN(c2ccc3c4c(c(=O)oc3c2C)CN(C(=O)c2ccc(C(=O)O)c(OC3CCC3)c2F)CC4)CCN1C. The molecule has 0 bridgehead atoms. The van der Waals surface area contributed by atoms with E-state index in [2.05, 4.69) is 22.9 Å². The lowest BCUT2D eigenvalue weighted by molar-refractivity contribution is 0.0665. The first-order valence-electron chi connectivity index (χ1n) is 14.7. The molecule has 0 unspecified atom stereocenters. The largest absolute Gasteiger partial charge is 0.486 e. The minimum Gasteiger partial charge on any atom is -0.486 e. The molecule has 3 heterocycles. The van der Waals surface area contributed by atoms with Crippen LogP contribution in [0.1, 0.15) is 56.7 Å². The topological polar surface area (TPSA) is 113 Å². The predicted octanol–water partition coefficient (Wildman–Crippen LogP) is 3.84. The van der Waals surface area contributed by atoms with Crippen molar-refractivity contribution in [1.29, 1.82) is 0 Å². The van der Waals surface area contributed by atoms with E-state index in [0.717, 1.165) is 48.3 Å². The highest BCUT2D eigenvalue weighted by Gasteiger charge is 2.33. The van der Waals surface area contributed by atoms with E-state index in [9.17, 15) is 19.5 Å². The fourth-order valence-corrected chi connectivity index (χ4v) is 6.34. The number of methoxy groups -OCH3 is 1. The van der Waals surface area contributed by atoms with Crippen molar-refractivity contribution < 1.29 is 33.0 Å². The quantitative estimate of drug-likeness (QED) is 0.409. The summed E-state index contributed by atoms with van der Waals surface area (Å²) in [5, 5.41) is 10.4. The van der Waals surface area contributed by atoms with Gasteiger partial charge in [-0.1, -0.05) is 0 Å². The summed E-state index contributed by atoms with van der Waals surface area (Å²) in [7, 11) is 3.79. The number of ether oxygens (including phenoxy) is 2. The molecule has 3 aliphatic rings. The number of carboxylic acids is 1. The van der Waals surface area contributed by atoms with Gasteiger partial charge in [-0.05, 0) is 69.5 Å². The Balaban J connectivity index is 1.28. The van der Waals surface area contributed by atoms with Crippen molar-refractivity contribution in [3.8, 4) is 5.75 Å². The van der Waals surface area contributed by atoms with Crippen LogP contribution in [0.2, 0.25) is 0 Å². The Bertz CT molecular complexity index is 1650. The molecule has 1 saturated carbocycles. The van der Waals surface area contributed by atoms with Crippen molar-refractivity contribution in [2.45, 2.75) is 51.3 Å². The molecule has 11 heteroatoms. The fraction of sp³-hybridized carbons (Fsp3) is 0.469. The van der Waals surface area contributed by atoms with E-state index in [4.69, 9.17) is 13.9 Å². The number of benzene rings is 2. The van der Waals surface area contributed by atoms with E-state index in [-0.39, 0.29) is 36.4 Å². The van der Waals surface area contributed by atoms with Gasteiger partial charge in [0.2, 0.25) is 0 Å². The van der Waals surface area contributed by atoms with E-state index >= 15 is 4.39 Å². The highest BCUT2D eigenvalue weighted by atomic mass is 19.1. The maximum Gasteiger partial charge on any atom is 0.341 e. The number of fused-ring (bicyclic) bond motifs is 3. The van der Waals surface area contributed by atoms with E-state index < -0.39 is 29.1 Å². The molecule has 0 radical (unpaired) electrons. The summed E-state index contributed by atoms with van der Waals surface area (Å²) < 4.78 is 32.6. The molecule has 3 aromatic rings. The van der Waals surface area contributed by atoms with Gasteiger partial charge in [-0.3, -0.25) is 9.69 Å².